The minimum absolute atomic E-state index is 0.00395. The molecule has 430 valence electrons. The van der Waals surface area contributed by atoms with Gasteiger partial charge >= 0.3 is 5.97 Å². The standard InChI is InChI=1S/C64H75N9O9/c1-39(74)80-46-33-53(45-31-51(76)59(77)55(32-45)79-28-20-41-10-7-24-66-36-41)82-56(34-46)63-21-4-12-43-11-2-3-14-48(43)70-61(78)58-60(73-37-44-19-27-67-49(44)38-73)71-62(69-25-8-9-40-18-26-68-57(65)30-40)72-64(58)23-6-15-52(47(64)13-5-22-63)81-54-29-42(35-63)16-17-50(54)75/h7,10,16-19,24,27,29-32,36-38,43,46-48,52-53,56,58,60-61,67-68,70,75-78H,2-3,6,8-9,11,14-15,20-23,25-26,28,33-35,65H2,1H3,(H2,69,71,72)/t43-,46+,47+,48+,52-,53+,56-,58-,60+,61+,63+,64+/m1/s1. The Kier molecular flexibility index (Phi) is 15.8. The number of ether oxygens (including phenoxy) is 4. The highest BCUT2D eigenvalue weighted by Gasteiger charge is 2.60. The lowest BCUT2D eigenvalue weighted by Crippen LogP contribution is -2.75. The Morgan fingerprint density at radius 2 is 1.88 bits per heavy atom. The molecule has 1 spiro atoms. The number of aliphatic imine (C=N–C) groups is 1. The molecule has 2 saturated heterocycles. The first-order chi connectivity index (χ1) is 39.9. The summed E-state index contributed by atoms with van der Waals surface area (Å²) in [4.78, 5) is 25.9. The van der Waals surface area contributed by atoms with Gasteiger partial charge in [-0.15, -0.1) is 11.8 Å². The number of nitrogens with one attached hydrogen (secondary N) is 5. The van der Waals surface area contributed by atoms with Gasteiger partial charge in [-0.2, -0.15) is 0 Å². The third-order valence-corrected chi connectivity index (χ3v) is 18.1. The van der Waals surface area contributed by atoms with E-state index in [1.54, 1.807) is 24.5 Å². The molecule has 0 unspecified atom stereocenters. The Hall–Kier alpha value is -7.77. The van der Waals surface area contributed by atoms with Gasteiger partial charge < -0.3 is 70.6 Å². The van der Waals surface area contributed by atoms with E-state index >= 15 is 0 Å². The number of aromatic hydroxyl groups is 3. The summed E-state index contributed by atoms with van der Waals surface area (Å²) in [7, 11) is 0. The van der Waals surface area contributed by atoms with Gasteiger partial charge in [0.15, 0.2) is 29.0 Å². The zero-order valence-corrected chi connectivity index (χ0v) is 46.4. The molecule has 5 aromatic rings. The lowest BCUT2D eigenvalue weighted by Gasteiger charge is -2.57. The highest BCUT2D eigenvalue weighted by molar-refractivity contribution is 5.83. The molecule has 0 radical (unpaired) electrons. The largest absolute Gasteiger partial charge is 0.504 e. The summed E-state index contributed by atoms with van der Waals surface area (Å²) in [5.41, 5.74) is 8.82. The monoisotopic (exact) mass is 1110 g/mol. The number of pyridine rings is 1. The Morgan fingerprint density at radius 3 is 2.72 bits per heavy atom. The number of benzene rings is 2. The van der Waals surface area contributed by atoms with Gasteiger partial charge in [0.1, 0.15) is 24.6 Å². The molecule has 11 N–H and O–H groups in total. The van der Waals surface area contributed by atoms with E-state index in [-0.39, 0.29) is 48.0 Å². The summed E-state index contributed by atoms with van der Waals surface area (Å²) in [5.74, 6) is 14.4. The second kappa shape index (κ2) is 23.6. The zero-order chi connectivity index (χ0) is 56.4. The lowest BCUT2D eigenvalue weighted by atomic mass is 9.61. The fraction of sp³-hybridized carbons (Fsp3) is 0.484. The van der Waals surface area contributed by atoms with E-state index in [1.165, 1.54) is 13.0 Å². The van der Waals surface area contributed by atoms with Crippen LogP contribution in [-0.2, 0) is 27.1 Å². The van der Waals surface area contributed by atoms with E-state index in [9.17, 15) is 25.2 Å². The minimum Gasteiger partial charge on any atom is -0.504 e. The molecule has 4 fully saturated rings. The average molecular weight is 1110 g/mol. The van der Waals surface area contributed by atoms with Gasteiger partial charge in [-0.1, -0.05) is 42.9 Å². The van der Waals surface area contributed by atoms with Gasteiger partial charge in [0.25, 0.3) is 0 Å². The van der Waals surface area contributed by atoms with Gasteiger partial charge in [0, 0.05) is 106 Å². The molecule has 12 atom stereocenters. The predicted molar refractivity (Wildman–Crippen MR) is 309 cm³/mol. The van der Waals surface area contributed by atoms with Crippen molar-refractivity contribution in [3.8, 4) is 52.4 Å². The lowest BCUT2D eigenvalue weighted by molar-refractivity contribution is -0.174. The molecule has 0 amide bonds. The Labute approximate surface area is 478 Å². The Balaban J connectivity index is 0.979. The second-order valence-corrected chi connectivity index (χ2v) is 23.6. The Morgan fingerprint density at radius 1 is 1.00 bits per heavy atom. The maximum absolute atomic E-state index is 13.3. The number of dihydropyridines is 1. The fourth-order valence-corrected chi connectivity index (χ4v) is 14.1. The molecule has 7 aliphatic rings. The van der Waals surface area contributed by atoms with Crippen LogP contribution in [0.1, 0.15) is 119 Å². The number of hydrogen-bond acceptors (Lipinski definition) is 14. The molecular weight excluding hydrogens is 1040 g/mol. The van der Waals surface area contributed by atoms with Crippen molar-refractivity contribution in [3.05, 3.63) is 120 Å². The van der Waals surface area contributed by atoms with E-state index in [4.69, 9.17) is 29.7 Å². The van der Waals surface area contributed by atoms with Crippen LogP contribution in [0.5, 0.6) is 28.7 Å². The summed E-state index contributed by atoms with van der Waals surface area (Å²) in [6.07, 6.45) is 19.0. The highest BCUT2D eigenvalue weighted by Crippen LogP contribution is 2.52. The average Bonchev–Trinajstić information content (AvgIpc) is 2.49. The number of carbonyl (C=O) groups excluding carboxylic acids is 1. The summed E-state index contributed by atoms with van der Waals surface area (Å²) >= 11 is 0. The molecular formula is C64H75N9O9. The number of guanidine groups is 1. The number of phenolic OH excluding ortho intramolecular Hbond substituents is 3. The smallest absolute Gasteiger partial charge is 0.302 e. The number of esters is 1. The maximum Gasteiger partial charge on any atom is 0.302 e. The molecule has 18 nitrogen and oxygen atoms in total. The van der Waals surface area contributed by atoms with Crippen LogP contribution >= 0.6 is 0 Å². The number of aromatic nitrogens is 3. The van der Waals surface area contributed by atoms with Crippen LogP contribution in [0.15, 0.2) is 108 Å². The molecule has 82 heavy (non-hydrogen) atoms. The van der Waals surface area contributed by atoms with Crippen molar-refractivity contribution in [2.24, 2.45) is 33.9 Å². The molecule has 4 bridgehead atoms. The van der Waals surface area contributed by atoms with Crippen LogP contribution in [0.3, 0.4) is 0 Å². The number of nitrogens with two attached hydrogens (primary N) is 1. The third kappa shape index (κ3) is 11.5. The molecule has 2 aromatic carbocycles. The van der Waals surface area contributed by atoms with Gasteiger partial charge in [0.2, 0.25) is 5.75 Å². The van der Waals surface area contributed by atoms with Gasteiger partial charge in [-0.05, 0) is 116 Å². The third-order valence-electron chi connectivity index (χ3n) is 18.1. The second-order valence-electron chi connectivity index (χ2n) is 23.6. The topological polar surface area (TPSA) is 255 Å². The van der Waals surface area contributed by atoms with Crippen LogP contribution in [0, 0.1) is 46.9 Å². The summed E-state index contributed by atoms with van der Waals surface area (Å²) in [5, 5.41) is 63.3. The molecule has 3 aromatic heterocycles. The van der Waals surface area contributed by atoms with Crippen LogP contribution in [0.2, 0.25) is 0 Å². The molecule has 12 rings (SSSR count). The van der Waals surface area contributed by atoms with Crippen molar-refractivity contribution in [3.63, 3.8) is 0 Å². The molecule has 2 saturated carbocycles. The normalized spacial score (nSPS) is 31.0. The van der Waals surface area contributed by atoms with E-state index in [0.717, 1.165) is 72.5 Å². The SMILES string of the molecule is CC(=O)O[C@H]1C[C@@H](c2cc(O)c(O)c(OCCc3cccnc3)c2)O[C@@H]([C@]23CC#C[C@H]4CCCC[C@@H]4N[C@@H](O)[C@H]4[C@H](n5cc6cc[nH]c6c5)NC(=NCCCC5=CCNC(N)=C5)N[C@]45CCC[C@@H](Oc4cc(ccc4O)C2)[C@@H]5C#CC3)C1. The van der Waals surface area contributed by atoms with Crippen molar-refractivity contribution in [2.45, 2.75) is 152 Å². The fourth-order valence-electron chi connectivity index (χ4n) is 14.1. The summed E-state index contributed by atoms with van der Waals surface area (Å²) in [6.45, 7) is 2.81. The highest BCUT2D eigenvalue weighted by atomic mass is 16.6. The molecule has 5 aliphatic heterocycles. The number of hydrogen-bond donors (Lipinski definition) is 10. The molecule has 2 aliphatic carbocycles. The quantitative estimate of drug-likeness (QED) is 0.0251. The summed E-state index contributed by atoms with van der Waals surface area (Å²) in [6, 6.07) is 14.4. The molecule has 18 heteroatoms. The van der Waals surface area contributed by atoms with Gasteiger partial charge in [-0.3, -0.25) is 20.1 Å². The van der Waals surface area contributed by atoms with Crippen LogP contribution < -0.4 is 36.5 Å². The van der Waals surface area contributed by atoms with Crippen LogP contribution in [0.4, 0.5) is 0 Å². The first kappa shape index (κ1) is 54.8. The van der Waals surface area contributed by atoms with Crippen molar-refractivity contribution < 1.29 is 44.2 Å². The number of aliphatic hydroxyl groups is 1. The van der Waals surface area contributed by atoms with E-state index < -0.39 is 65.6 Å². The van der Waals surface area contributed by atoms with Crippen LogP contribution in [-0.4, -0.2) is 103 Å². The number of phenols is 3. The number of aromatic amines is 1. The summed E-state index contributed by atoms with van der Waals surface area (Å²) < 4.78 is 29.0. The molecule has 8 heterocycles. The van der Waals surface area contributed by atoms with Crippen molar-refractivity contribution in [1.29, 1.82) is 0 Å². The van der Waals surface area contributed by atoms with E-state index in [2.05, 4.69) is 78.0 Å². The van der Waals surface area contributed by atoms with Gasteiger partial charge in [-0.25, -0.2) is 0 Å². The number of fused-ring (bicyclic) bond motifs is 6. The van der Waals surface area contributed by atoms with Crippen molar-refractivity contribution >= 4 is 22.8 Å². The maximum atomic E-state index is 13.3. The van der Waals surface area contributed by atoms with Gasteiger partial charge in [0.05, 0.1) is 47.5 Å². The van der Waals surface area contributed by atoms with E-state index in [0.29, 0.717) is 81.1 Å². The number of nitrogens with zero attached hydrogens (tertiary/aromatic N) is 3. The first-order valence-corrected chi connectivity index (χ1v) is 29.3. The number of H-pyrrole nitrogens is 1. The number of rotatable bonds is 12. The zero-order valence-electron chi connectivity index (χ0n) is 46.4. The number of allylic oxidation sites excluding steroid dienone is 2. The van der Waals surface area contributed by atoms with Crippen molar-refractivity contribution in [1.82, 2.24) is 35.8 Å². The van der Waals surface area contributed by atoms with Crippen LogP contribution in [0.25, 0.3) is 10.9 Å². The number of carbonyl (C=O) groups is 1. The van der Waals surface area contributed by atoms with Crippen molar-refractivity contribution in [2.75, 3.05) is 19.7 Å². The first-order valence-electron chi connectivity index (χ1n) is 29.3. The predicted octanol–water partition coefficient (Wildman–Crippen LogP) is 7.52. The minimum atomic E-state index is -1.06. The number of aliphatic hydroxyl groups excluding tert-OH is 1. The Bertz CT molecular complexity index is 3340. The van der Waals surface area contributed by atoms with E-state index in [1.807, 2.05) is 42.6 Å².